The molecular weight excluding hydrogens is 168 g/mol. The van der Waals surface area contributed by atoms with Gasteiger partial charge < -0.3 is 9.47 Å². The first-order valence-corrected chi connectivity index (χ1v) is 3.93. The van der Waals surface area contributed by atoms with Gasteiger partial charge in [-0.2, -0.15) is 0 Å². The summed E-state index contributed by atoms with van der Waals surface area (Å²) in [4.78, 5) is 0. The molecule has 0 rings (SSSR count). The van der Waals surface area contributed by atoms with E-state index in [1.54, 1.807) is 0 Å². The van der Waals surface area contributed by atoms with Crippen molar-refractivity contribution in [2.24, 2.45) is 0 Å². The largest absolute Gasteiger partial charge is 0.486 e. The molecule has 0 aromatic carbocycles. The zero-order valence-electron chi connectivity index (χ0n) is 5.78. The third-order valence-corrected chi connectivity index (χ3v) is 1.30. The van der Waals surface area contributed by atoms with Crippen LogP contribution in [0.3, 0.4) is 0 Å². The lowest BCUT2D eigenvalue weighted by Crippen LogP contribution is -2.17. The highest BCUT2D eigenvalue weighted by Gasteiger charge is 2.03. The van der Waals surface area contributed by atoms with Crippen LogP contribution >= 0.6 is 24.4 Å². The van der Waals surface area contributed by atoms with Crippen LogP contribution < -0.4 is 0 Å². The normalized spacial score (nSPS) is 11.7. The van der Waals surface area contributed by atoms with Gasteiger partial charge in [-0.25, -0.2) is 0 Å². The van der Waals surface area contributed by atoms with Gasteiger partial charge >= 0.3 is 0 Å². The number of ether oxygens (including phenoxy) is 2. The van der Waals surface area contributed by atoms with Crippen LogP contribution in [0.15, 0.2) is 0 Å². The maximum absolute atomic E-state index is 4.99. The van der Waals surface area contributed by atoms with Crippen LogP contribution in [-0.4, -0.2) is 23.8 Å². The molecule has 0 aliphatic rings. The van der Waals surface area contributed by atoms with Crippen molar-refractivity contribution in [2.75, 3.05) is 6.61 Å². The summed E-state index contributed by atoms with van der Waals surface area (Å²) < 4.78 is 9.83. The topological polar surface area (TPSA) is 18.5 Å². The van der Waals surface area contributed by atoms with Gasteiger partial charge in [0.1, 0.15) is 23.8 Å². The van der Waals surface area contributed by atoms with E-state index in [9.17, 15) is 0 Å². The number of hydrogen-bond donors (Lipinski definition) is 0. The second-order valence-corrected chi connectivity index (χ2v) is 2.08. The van der Waals surface area contributed by atoms with Gasteiger partial charge in [0.15, 0.2) is 0 Å². The number of thiocarbonyl (C=S) groups is 2. The fraction of sp³-hybridized carbons (Fsp3) is 0.667. The Balaban J connectivity index is 3.38. The molecule has 4 heteroatoms. The zero-order chi connectivity index (χ0) is 7.82. The second-order valence-electron chi connectivity index (χ2n) is 1.69. The second kappa shape index (κ2) is 6.89. The lowest BCUT2D eigenvalue weighted by Gasteiger charge is -2.11. The molecule has 0 amide bonds. The predicted molar refractivity (Wildman–Crippen MR) is 48.4 cm³/mol. The molecule has 1 atom stereocenters. The summed E-state index contributed by atoms with van der Waals surface area (Å²) in [6.07, 6.45) is 0.910. The summed E-state index contributed by atoms with van der Waals surface area (Å²) in [7, 11) is 0. The monoisotopic (exact) mass is 178 g/mol. The van der Waals surface area contributed by atoms with Gasteiger partial charge in [-0.15, -0.1) is 0 Å². The Morgan fingerprint density at radius 1 is 1.40 bits per heavy atom. The quantitative estimate of drug-likeness (QED) is 0.576. The highest BCUT2D eigenvalue weighted by Crippen LogP contribution is 1.95. The Labute approximate surface area is 71.5 Å². The Morgan fingerprint density at radius 2 is 2.10 bits per heavy atom. The van der Waals surface area contributed by atoms with Crippen LogP contribution in [0.25, 0.3) is 0 Å². The van der Waals surface area contributed by atoms with Crippen LogP contribution in [0.5, 0.6) is 0 Å². The Bertz CT molecular complexity index is 106. The van der Waals surface area contributed by atoms with Crippen LogP contribution in [0.4, 0.5) is 0 Å². The van der Waals surface area contributed by atoms with Crippen molar-refractivity contribution >= 4 is 35.5 Å². The molecule has 0 aliphatic heterocycles. The van der Waals surface area contributed by atoms with Gasteiger partial charge in [0.2, 0.25) is 0 Å². The van der Waals surface area contributed by atoms with Crippen LogP contribution in [0, 0.1) is 0 Å². The van der Waals surface area contributed by atoms with Crippen molar-refractivity contribution in [3.63, 3.8) is 0 Å². The van der Waals surface area contributed by atoms with Gasteiger partial charge in [0, 0.05) is 0 Å². The van der Waals surface area contributed by atoms with Crippen molar-refractivity contribution in [1.82, 2.24) is 0 Å². The van der Waals surface area contributed by atoms with Gasteiger partial charge in [-0.05, 0) is 30.9 Å². The van der Waals surface area contributed by atoms with Crippen molar-refractivity contribution in [3.05, 3.63) is 0 Å². The van der Waals surface area contributed by atoms with Gasteiger partial charge in [-0.1, -0.05) is 6.92 Å². The minimum atomic E-state index is 0.0386. The first kappa shape index (κ1) is 9.78. The molecule has 1 unspecified atom stereocenters. The average molecular weight is 178 g/mol. The summed E-state index contributed by atoms with van der Waals surface area (Å²) in [6.45, 7) is 2.48. The van der Waals surface area contributed by atoms with E-state index in [4.69, 9.17) is 9.47 Å². The minimum Gasteiger partial charge on any atom is -0.486 e. The molecule has 0 spiro atoms. The molecule has 0 aromatic rings. The van der Waals surface area contributed by atoms with Gasteiger partial charge in [0.25, 0.3) is 0 Å². The Hall–Kier alpha value is -0.220. The molecule has 0 radical (unpaired) electrons. The highest BCUT2D eigenvalue weighted by molar-refractivity contribution is 7.78. The van der Waals surface area contributed by atoms with E-state index < -0.39 is 0 Å². The van der Waals surface area contributed by atoms with Crippen molar-refractivity contribution in [1.29, 1.82) is 0 Å². The van der Waals surface area contributed by atoms with E-state index in [0.717, 1.165) is 6.42 Å². The molecule has 0 aliphatic carbocycles. The van der Waals surface area contributed by atoms with Gasteiger partial charge in [0.05, 0.1) is 0 Å². The lowest BCUT2D eigenvalue weighted by molar-refractivity contribution is 0.125. The molecule has 0 saturated heterocycles. The van der Waals surface area contributed by atoms with E-state index in [2.05, 4.69) is 24.4 Å². The maximum Gasteiger partial charge on any atom is 0.146 e. The summed E-state index contributed by atoms with van der Waals surface area (Å²) in [6, 6.07) is 0. The molecule has 2 nitrogen and oxygen atoms in total. The molecule has 0 fully saturated rings. The Morgan fingerprint density at radius 3 is 2.50 bits per heavy atom. The number of hydrogen-bond acceptors (Lipinski definition) is 4. The van der Waals surface area contributed by atoms with E-state index in [1.807, 2.05) is 6.92 Å². The fourth-order valence-electron chi connectivity index (χ4n) is 0.479. The van der Waals surface area contributed by atoms with Crippen molar-refractivity contribution < 1.29 is 9.47 Å². The number of rotatable bonds is 6. The SMILES string of the molecule is CCC(COC=S)OC=S. The zero-order valence-corrected chi connectivity index (χ0v) is 7.41. The molecule has 58 valence electrons. The first-order valence-electron chi connectivity index (χ1n) is 2.99. The van der Waals surface area contributed by atoms with Crippen molar-refractivity contribution in [2.45, 2.75) is 19.4 Å². The molecule has 10 heavy (non-hydrogen) atoms. The van der Waals surface area contributed by atoms with Crippen LogP contribution in [0.1, 0.15) is 13.3 Å². The smallest absolute Gasteiger partial charge is 0.146 e. The third kappa shape index (κ3) is 4.64. The first-order chi connectivity index (χ1) is 4.85. The predicted octanol–water partition coefficient (Wildman–Crippen LogP) is 1.71. The summed E-state index contributed by atoms with van der Waals surface area (Å²) in [5, 5.41) is 0. The lowest BCUT2D eigenvalue weighted by atomic mass is 10.3. The Kier molecular flexibility index (Phi) is 6.74. The van der Waals surface area contributed by atoms with E-state index >= 15 is 0 Å². The molecule has 0 aromatic heterocycles. The average Bonchev–Trinajstić information content (AvgIpc) is 1.98. The third-order valence-electron chi connectivity index (χ3n) is 1.05. The van der Waals surface area contributed by atoms with Crippen LogP contribution in [-0.2, 0) is 9.47 Å². The summed E-state index contributed by atoms with van der Waals surface area (Å²) in [5.41, 5.74) is 2.48. The maximum atomic E-state index is 4.99. The molecular formula is C6H10O2S2. The van der Waals surface area contributed by atoms with Gasteiger partial charge in [-0.3, -0.25) is 0 Å². The summed E-state index contributed by atoms with van der Waals surface area (Å²) in [5.74, 6) is 0. The van der Waals surface area contributed by atoms with E-state index in [0.29, 0.717) is 6.61 Å². The molecule has 0 heterocycles. The van der Waals surface area contributed by atoms with E-state index in [-0.39, 0.29) is 6.10 Å². The minimum absolute atomic E-state index is 0.0386. The van der Waals surface area contributed by atoms with E-state index in [1.165, 1.54) is 11.1 Å². The van der Waals surface area contributed by atoms with Crippen molar-refractivity contribution in [3.8, 4) is 0 Å². The summed E-state index contributed by atoms with van der Waals surface area (Å²) >= 11 is 8.97. The molecule has 0 N–H and O–H groups in total. The standard InChI is InChI=1S/C6H10O2S2/c1-2-6(8-5-10)3-7-4-9/h4-6H,2-3H2,1H3. The fourth-order valence-corrected chi connectivity index (χ4v) is 0.714. The highest BCUT2D eigenvalue weighted by atomic mass is 32.1. The molecule has 0 saturated carbocycles. The molecule has 0 bridgehead atoms. The van der Waals surface area contributed by atoms with Crippen LogP contribution in [0.2, 0.25) is 0 Å².